The topological polar surface area (TPSA) is 34.1 Å². The van der Waals surface area contributed by atoms with Gasteiger partial charge in [0.15, 0.2) is 0 Å². The van der Waals surface area contributed by atoms with E-state index in [4.69, 9.17) is 9.47 Å². The summed E-state index contributed by atoms with van der Waals surface area (Å²) in [5, 5.41) is 0. The molecule has 3 aliphatic heterocycles. The van der Waals surface area contributed by atoms with Crippen LogP contribution in [0.2, 0.25) is 0 Å². The molecule has 0 bridgehead atoms. The van der Waals surface area contributed by atoms with Crippen LogP contribution in [0.25, 0.3) is 6.08 Å². The maximum Gasteiger partial charge on any atom is 0.128 e. The Hall–Kier alpha value is -2.08. The fourth-order valence-corrected chi connectivity index (χ4v) is 5.21. The van der Waals surface area contributed by atoms with Crippen molar-refractivity contribution in [3.05, 3.63) is 59.7 Å². The zero-order valence-electron chi connectivity index (χ0n) is 16.1. The molecule has 0 amide bonds. The van der Waals surface area contributed by atoms with Crippen LogP contribution in [-0.2, 0) is 15.1 Å². The number of amidine groups is 1. The van der Waals surface area contributed by atoms with Crippen molar-refractivity contribution in [3.63, 3.8) is 0 Å². The lowest BCUT2D eigenvalue weighted by Gasteiger charge is -2.36. The number of hydrogen-bond acceptors (Lipinski definition) is 5. The van der Waals surface area contributed by atoms with Crippen LogP contribution < -0.4 is 4.90 Å². The van der Waals surface area contributed by atoms with Crippen LogP contribution >= 0.6 is 11.8 Å². The summed E-state index contributed by atoms with van der Waals surface area (Å²) in [6.07, 6.45) is 6.11. The number of fused-ring (bicyclic) bond motifs is 3. The van der Waals surface area contributed by atoms with Gasteiger partial charge in [-0.1, -0.05) is 23.9 Å². The van der Waals surface area contributed by atoms with E-state index in [2.05, 4.69) is 64.5 Å². The van der Waals surface area contributed by atoms with Crippen LogP contribution in [0.1, 0.15) is 24.0 Å². The van der Waals surface area contributed by atoms with Gasteiger partial charge < -0.3 is 14.4 Å². The molecule has 5 heteroatoms. The van der Waals surface area contributed by atoms with Crippen LogP contribution in [0, 0.1) is 0 Å². The fraction of sp³-hybridized carbons (Fsp3) is 0.348. The molecule has 2 aromatic rings. The number of hydrogen-bond donors (Lipinski definition) is 0. The zero-order chi connectivity index (χ0) is 19.0. The molecule has 3 heterocycles. The maximum absolute atomic E-state index is 5.97. The first-order valence-corrected chi connectivity index (χ1v) is 10.6. The van der Waals surface area contributed by atoms with Crippen molar-refractivity contribution in [2.75, 3.05) is 38.3 Å². The highest BCUT2D eigenvalue weighted by molar-refractivity contribution is 7.99. The second-order valence-electron chi connectivity index (χ2n) is 7.39. The van der Waals surface area contributed by atoms with Crippen LogP contribution in [0.4, 0.5) is 5.69 Å². The summed E-state index contributed by atoms with van der Waals surface area (Å²) in [5.41, 5.74) is 3.55. The standard InChI is InChI=1S/C23H24N2O2S/c1-26-23(9-13-27-14-10-23)18-3-2-4-19(16-18)28-20-6-7-21-17(15-20)5-8-22-24-11-12-25(21)22/h2-8,15-16H,9-14H2,1H3. The van der Waals surface area contributed by atoms with Crippen molar-refractivity contribution in [2.45, 2.75) is 28.2 Å². The van der Waals surface area contributed by atoms with Crippen molar-refractivity contribution in [1.82, 2.24) is 0 Å². The molecule has 28 heavy (non-hydrogen) atoms. The third-order valence-electron chi connectivity index (χ3n) is 5.86. The van der Waals surface area contributed by atoms with E-state index in [1.807, 2.05) is 7.11 Å². The van der Waals surface area contributed by atoms with Crippen molar-refractivity contribution in [1.29, 1.82) is 0 Å². The minimum Gasteiger partial charge on any atom is -0.381 e. The summed E-state index contributed by atoms with van der Waals surface area (Å²) in [6, 6.07) is 15.5. The Morgan fingerprint density at radius 3 is 2.79 bits per heavy atom. The molecule has 0 N–H and O–H groups in total. The van der Waals surface area contributed by atoms with Crippen LogP contribution in [0.15, 0.2) is 63.3 Å². The number of anilines is 1. The molecule has 0 saturated carbocycles. The second kappa shape index (κ2) is 7.39. The first kappa shape index (κ1) is 18.0. The van der Waals surface area contributed by atoms with Crippen molar-refractivity contribution >= 4 is 29.4 Å². The number of ether oxygens (including phenoxy) is 2. The van der Waals surface area contributed by atoms with E-state index in [0.29, 0.717) is 0 Å². The number of methoxy groups -OCH3 is 1. The molecule has 3 aliphatic rings. The Balaban J connectivity index is 1.40. The molecule has 2 aromatic carbocycles. The van der Waals surface area contributed by atoms with E-state index in [-0.39, 0.29) is 5.60 Å². The highest BCUT2D eigenvalue weighted by atomic mass is 32.2. The fourth-order valence-electron chi connectivity index (χ4n) is 4.28. The van der Waals surface area contributed by atoms with Gasteiger partial charge in [0.2, 0.25) is 0 Å². The lowest BCUT2D eigenvalue weighted by molar-refractivity contribution is -0.0948. The van der Waals surface area contributed by atoms with Gasteiger partial charge in [0.05, 0.1) is 12.1 Å². The van der Waals surface area contributed by atoms with Crippen LogP contribution in [0.5, 0.6) is 0 Å². The summed E-state index contributed by atoms with van der Waals surface area (Å²) in [6.45, 7) is 3.37. The average Bonchev–Trinajstić information content (AvgIpc) is 3.23. The molecule has 0 aromatic heterocycles. The monoisotopic (exact) mass is 392 g/mol. The van der Waals surface area contributed by atoms with Gasteiger partial charge in [-0.3, -0.25) is 4.99 Å². The first-order valence-electron chi connectivity index (χ1n) is 9.83. The van der Waals surface area contributed by atoms with E-state index in [9.17, 15) is 0 Å². The Morgan fingerprint density at radius 1 is 1.07 bits per heavy atom. The molecule has 1 saturated heterocycles. The molecule has 5 rings (SSSR count). The van der Waals surface area contributed by atoms with Crippen LogP contribution in [-0.4, -0.2) is 39.2 Å². The van der Waals surface area contributed by atoms with E-state index < -0.39 is 0 Å². The molecule has 144 valence electrons. The summed E-state index contributed by atoms with van der Waals surface area (Å²) >= 11 is 1.80. The van der Waals surface area contributed by atoms with Gasteiger partial charge in [0.1, 0.15) is 5.84 Å². The Morgan fingerprint density at radius 2 is 1.93 bits per heavy atom. The quantitative estimate of drug-likeness (QED) is 0.753. The number of benzene rings is 2. The van der Waals surface area contributed by atoms with E-state index in [1.165, 1.54) is 26.6 Å². The van der Waals surface area contributed by atoms with Gasteiger partial charge in [-0.05, 0) is 53.6 Å². The van der Waals surface area contributed by atoms with E-state index >= 15 is 0 Å². The minimum absolute atomic E-state index is 0.223. The van der Waals surface area contributed by atoms with E-state index in [1.54, 1.807) is 11.8 Å². The second-order valence-corrected chi connectivity index (χ2v) is 8.53. The van der Waals surface area contributed by atoms with Gasteiger partial charge in [-0.25, -0.2) is 0 Å². The highest BCUT2D eigenvalue weighted by Crippen LogP contribution is 2.39. The molecule has 0 spiro atoms. The molecule has 0 radical (unpaired) electrons. The van der Waals surface area contributed by atoms with Gasteiger partial charge >= 0.3 is 0 Å². The molecule has 0 unspecified atom stereocenters. The lowest BCUT2D eigenvalue weighted by Crippen LogP contribution is -2.35. The van der Waals surface area contributed by atoms with Crippen molar-refractivity contribution < 1.29 is 9.47 Å². The van der Waals surface area contributed by atoms with Gasteiger partial charge in [0, 0.05) is 55.2 Å². The summed E-state index contributed by atoms with van der Waals surface area (Å²) in [4.78, 5) is 9.34. The predicted molar refractivity (Wildman–Crippen MR) is 114 cm³/mol. The summed E-state index contributed by atoms with van der Waals surface area (Å²) in [7, 11) is 1.82. The highest BCUT2D eigenvalue weighted by Gasteiger charge is 2.34. The molecule has 4 nitrogen and oxygen atoms in total. The summed E-state index contributed by atoms with van der Waals surface area (Å²) in [5.74, 6) is 1.09. The zero-order valence-corrected chi connectivity index (χ0v) is 16.9. The largest absolute Gasteiger partial charge is 0.381 e. The molecule has 0 aliphatic carbocycles. The predicted octanol–water partition coefficient (Wildman–Crippen LogP) is 4.74. The third-order valence-corrected chi connectivity index (χ3v) is 6.84. The smallest absolute Gasteiger partial charge is 0.128 e. The first-order chi connectivity index (χ1) is 13.8. The van der Waals surface area contributed by atoms with Crippen molar-refractivity contribution in [3.8, 4) is 0 Å². The van der Waals surface area contributed by atoms with Gasteiger partial charge in [-0.15, -0.1) is 0 Å². The summed E-state index contributed by atoms with van der Waals surface area (Å²) < 4.78 is 11.5. The molecular formula is C23H24N2O2S. The Bertz CT molecular complexity index is 947. The number of aliphatic imine (C=N–C) groups is 1. The molecule has 0 atom stereocenters. The Labute approximate surface area is 170 Å². The number of nitrogens with zero attached hydrogens (tertiary/aromatic N) is 2. The molecule has 1 fully saturated rings. The lowest BCUT2D eigenvalue weighted by atomic mass is 9.86. The normalized spacial score (nSPS) is 19.9. The molecular weight excluding hydrogens is 368 g/mol. The minimum atomic E-state index is -0.223. The average molecular weight is 393 g/mol. The van der Waals surface area contributed by atoms with Crippen molar-refractivity contribution in [2.24, 2.45) is 4.99 Å². The van der Waals surface area contributed by atoms with Gasteiger partial charge in [-0.2, -0.15) is 0 Å². The van der Waals surface area contributed by atoms with E-state index in [0.717, 1.165) is 45.0 Å². The van der Waals surface area contributed by atoms with Crippen LogP contribution in [0.3, 0.4) is 0 Å². The third kappa shape index (κ3) is 3.17. The number of rotatable bonds is 4. The van der Waals surface area contributed by atoms with Gasteiger partial charge in [0.25, 0.3) is 0 Å². The SMILES string of the molecule is COC1(c2cccc(Sc3ccc4c(c3)C=CC3=NCCN34)c2)CCOCC1. The Kier molecular flexibility index (Phi) is 4.75. The maximum atomic E-state index is 5.97.